The molecule has 1 aromatic heterocycles. The normalized spacial score (nSPS) is 16.9. The van der Waals surface area contributed by atoms with Crippen LogP contribution in [0.25, 0.3) is 11.1 Å². The topological polar surface area (TPSA) is 71.5 Å². The van der Waals surface area contributed by atoms with E-state index in [1.807, 2.05) is 0 Å². The Morgan fingerprint density at radius 2 is 2.14 bits per heavy atom. The molecule has 1 unspecified atom stereocenters. The molecule has 1 saturated heterocycles. The maximum absolute atomic E-state index is 13.9. The van der Waals surface area contributed by atoms with Crippen LogP contribution in [-0.2, 0) is 14.3 Å². The van der Waals surface area contributed by atoms with E-state index in [9.17, 15) is 18.4 Å². The van der Waals surface area contributed by atoms with E-state index in [2.05, 4.69) is 10.3 Å². The molecule has 28 heavy (non-hydrogen) atoms. The highest BCUT2D eigenvalue weighted by Crippen LogP contribution is 2.25. The number of methoxy groups -OCH3 is 1. The zero-order valence-electron chi connectivity index (χ0n) is 15.5. The molecular formula is C20H21F2N3O3. The first-order valence-electron chi connectivity index (χ1n) is 8.97. The standard InChI is InChI=1S/C20H21F2N3O3/c1-28-10-9-25-12-14(6-8-18(25)26)20(27)24-17-7-5-13(11-23-17)15-3-2-4-16(21)19(15)22/h2-5,7,11,14H,6,8-10,12H2,1H3,(H,23,24,27). The molecule has 2 heterocycles. The number of likely N-dealkylation sites (tertiary alicyclic amines) is 1. The van der Waals surface area contributed by atoms with Crippen molar-refractivity contribution in [2.45, 2.75) is 12.8 Å². The molecule has 3 rings (SSSR count). The minimum Gasteiger partial charge on any atom is -0.383 e. The number of amides is 2. The molecule has 6 nitrogen and oxygen atoms in total. The predicted octanol–water partition coefficient (Wildman–Crippen LogP) is 2.85. The second-order valence-electron chi connectivity index (χ2n) is 6.59. The van der Waals surface area contributed by atoms with Crippen LogP contribution in [0, 0.1) is 17.6 Å². The zero-order valence-corrected chi connectivity index (χ0v) is 15.5. The zero-order chi connectivity index (χ0) is 20.1. The van der Waals surface area contributed by atoms with Gasteiger partial charge in [0.15, 0.2) is 11.6 Å². The first kappa shape index (κ1) is 19.9. The van der Waals surface area contributed by atoms with E-state index in [0.717, 1.165) is 6.07 Å². The van der Waals surface area contributed by atoms with Crippen molar-refractivity contribution < 1.29 is 23.1 Å². The fourth-order valence-corrected chi connectivity index (χ4v) is 3.13. The van der Waals surface area contributed by atoms with Crippen LogP contribution >= 0.6 is 0 Å². The summed E-state index contributed by atoms with van der Waals surface area (Å²) in [4.78, 5) is 30.2. The molecule has 8 heteroatoms. The number of carbonyl (C=O) groups excluding carboxylic acids is 2. The Hall–Kier alpha value is -2.87. The highest BCUT2D eigenvalue weighted by Gasteiger charge is 2.30. The smallest absolute Gasteiger partial charge is 0.230 e. The summed E-state index contributed by atoms with van der Waals surface area (Å²) in [6.07, 6.45) is 2.16. The van der Waals surface area contributed by atoms with Gasteiger partial charge < -0.3 is 15.0 Å². The predicted molar refractivity (Wildman–Crippen MR) is 99.4 cm³/mol. The first-order chi connectivity index (χ1) is 13.5. The van der Waals surface area contributed by atoms with Crippen molar-refractivity contribution in [3.8, 4) is 11.1 Å². The molecule has 1 atom stereocenters. The number of pyridine rings is 1. The lowest BCUT2D eigenvalue weighted by Crippen LogP contribution is -2.45. The number of nitrogens with one attached hydrogen (secondary N) is 1. The molecule has 1 fully saturated rings. The van der Waals surface area contributed by atoms with Gasteiger partial charge in [-0.2, -0.15) is 0 Å². The van der Waals surface area contributed by atoms with Gasteiger partial charge >= 0.3 is 0 Å². The van der Waals surface area contributed by atoms with Gasteiger partial charge in [0.2, 0.25) is 11.8 Å². The number of halogens is 2. The summed E-state index contributed by atoms with van der Waals surface area (Å²) in [5.41, 5.74) is 0.508. The van der Waals surface area contributed by atoms with Gasteiger partial charge in [-0.05, 0) is 24.6 Å². The number of anilines is 1. The van der Waals surface area contributed by atoms with Crippen molar-refractivity contribution in [2.75, 3.05) is 32.1 Å². The molecule has 2 amide bonds. The molecule has 2 aromatic rings. The quantitative estimate of drug-likeness (QED) is 0.825. The first-order valence-corrected chi connectivity index (χ1v) is 8.97. The summed E-state index contributed by atoms with van der Waals surface area (Å²) in [5, 5.41) is 2.72. The van der Waals surface area contributed by atoms with Crippen LogP contribution in [0.1, 0.15) is 12.8 Å². The van der Waals surface area contributed by atoms with Crippen molar-refractivity contribution in [3.63, 3.8) is 0 Å². The SMILES string of the molecule is COCCN1CC(C(=O)Nc2ccc(-c3cccc(F)c3F)cn2)CCC1=O. The molecule has 1 aromatic carbocycles. The van der Waals surface area contributed by atoms with Crippen LogP contribution in [0.2, 0.25) is 0 Å². The number of piperidine rings is 1. The molecule has 0 saturated carbocycles. The van der Waals surface area contributed by atoms with Crippen molar-refractivity contribution in [1.82, 2.24) is 9.88 Å². The Kier molecular flexibility index (Phi) is 6.30. The molecule has 0 bridgehead atoms. The van der Waals surface area contributed by atoms with E-state index in [0.29, 0.717) is 43.9 Å². The van der Waals surface area contributed by atoms with Gasteiger partial charge in [0.1, 0.15) is 5.82 Å². The highest BCUT2D eigenvalue weighted by molar-refractivity contribution is 5.93. The third-order valence-electron chi connectivity index (χ3n) is 4.71. The molecule has 1 N–H and O–H groups in total. The minimum atomic E-state index is -0.941. The van der Waals surface area contributed by atoms with Crippen molar-refractivity contribution in [1.29, 1.82) is 0 Å². The Bertz CT molecular complexity index is 858. The number of aromatic nitrogens is 1. The van der Waals surface area contributed by atoms with E-state index in [4.69, 9.17) is 4.74 Å². The largest absolute Gasteiger partial charge is 0.383 e. The molecule has 148 valence electrons. The highest BCUT2D eigenvalue weighted by atomic mass is 19.2. The fourth-order valence-electron chi connectivity index (χ4n) is 3.13. The number of hydrogen-bond acceptors (Lipinski definition) is 4. The van der Waals surface area contributed by atoms with Crippen molar-refractivity contribution in [3.05, 3.63) is 48.2 Å². The fraction of sp³-hybridized carbons (Fsp3) is 0.350. The lowest BCUT2D eigenvalue weighted by molar-refractivity contribution is -0.137. The Morgan fingerprint density at radius 3 is 2.86 bits per heavy atom. The van der Waals surface area contributed by atoms with Gasteiger partial charge in [0, 0.05) is 43.9 Å². The number of benzene rings is 1. The maximum atomic E-state index is 13.9. The summed E-state index contributed by atoms with van der Waals surface area (Å²) < 4.78 is 32.2. The van der Waals surface area contributed by atoms with Crippen molar-refractivity contribution in [2.24, 2.45) is 5.92 Å². The number of rotatable bonds is 6. The molecule has 1 aliphatic heterocycles. The molecule has 1 aliphatic rings. The summed E-state index contributed by atoms with van der Waals surface area (Å²) in [6.45, 7) is 1.20. The number of nitrogens with zero attached hydrogens (tertiary/aromatic N) is 2. The van der Waals surface area contributed by atoms with Gasteiger partial charge in [-0.1, -0.05) is 12.1 Å². The molecule has 0 aliphatic carbocycles. The summed E-state index contributed by atoms with van der Waals surface area (Å²) in [7, 11) is 1.56. The van der Waals surface area contributed by atoms with Gasteiger partial charge in [0.25, 0.3) is 0 Å². The van der Waals surface area contributed by atoms with Crippen LogP contribution in [0.4, 0.5) is 14.6 Å². The van der Waals surface area contributed by atoms with Crippen LogP contribution in [0.15, 0.2) is 36.5 Å². The molecule has 0 radical (unpaired) electrons. The average molecular weight is 389 g/mol. The van der Waals surface area contributed by atoms with Crippen LogP contribution < -0.4 is 5.32 Å². The lowest BCUT2D eigenvalue weighted by atomic mass is 9.96. The molecule has 0 spiro atoms. The Morgan fingerprint density at radius 1 is 1.32 bits per heavy atom. The number of ether oxygens (including phenoxy) is 1. The van der Waals surface area contributed by atoms with Crippen LogP contribution in [0.3, 0.4) is 0 Å². The lowest BCUT2D eigenvalue weighted by Gasteiger charge is -2.31. The summed E-state index contributed by atoms with van der Waals surface area (Å²) >= 11 is 0. The van der Waals surface area contributed by atoms with E-state index < -0.39 is 11.6 Å². The minimum absolute atomic E-state index is 0.0145. The third kappa shape index (κ3) is 4.51. The van der Waals surface area contributed by atoms with E-state index in [1.165, 1.54) is 24.4 Å². The number of hydrogen-bond donors (Lipinski definition) is 1. The van der Waals surface area contributed by atoms with Crippen LogP contribution in [0.5, 0.6) is 0 Å². The van der Waals surface area contributed by atoms with E-state index in [-0.39, 0.29) is 23.3 Å². The average Bonchev–Trinajstić information content (AvgIpc) is 2.70. The molecular weight excluding hydrogens is 368 g/mol. The Labute approximate surface area is 161 Å². The van der Waals surface area contributed by atoms with Gasteiger partial charge in [-0.3, -0.25) is 9.59 Å². The van der Waals surface area contributed by atoms with E-state index >= 15 is 0 Å². The van der Waals surface area contributed by atoms with Crippen molar-refractivity contribution >= 4 is 17.6 Å². The maximum Gasteiger partial charge on any atom is 0.230 e. The van der Waals surface area contributed by atoms with Gasteiger partial charge in [-0.15, -0.1) is 0 Å². The van der Waals surface area contributed by atoms with Crippen LogP contribution in [-0.4, -0.2) is 48.5 Å². The number of carbonyl (C=O) groups is 2. The van der Waals surface area contributed by atoms with Gasteiger partial charge in [-0.25, -0.2) is 13.8 Å². The monoisotopic (exact) mass is 389 g/mol. The van der Waals surface area contributed by atoms with Gasteiger partial charge in [0.05, 0.1) is 12.5 Å². The summed E-state index contributed by atoms with van der Waals surface area (Å²) in [5.74, 6) is -2.11. The second kappa shape index (κ2) is 8.88. The second-order valence-corrected chi connectivity index (χ2v) is 6.59. The van der Waals surface area contributed by atoms with E-state index in [1.54, 1.807) is 18.1 Å². The summed E-state index contributed by atoms with van der Waals surface area (Å²) in [6, 6.07) is 7.03. The third-order valence-corrected chi connectivity index (χ3v) is 4.71. The Balaban J connectivity index is 1.64.